The zero-order valence-electron chi connectivity index (χ0n) is 27.9. The summed E-state index contributed by atoms with van der Waals surface area (Å²) in [7, 11) is 0. The minimum Gasteiger partial charge on any atom is -0.509 e. The van der Waals surface area contributed by atoms with Crippen LogP contribution in [0.15, 0.2) is 104 Å². The number of pyridine rings is 1. The number of anilines is 2. The van der Waals surface area contributed by atoms with E-state index >= 15 is 0 Å². The van der Waals surface area contributed by atoms with Gasteiger partial charge in [-0.25, -0.2) is 4.98 Å². The van der Waals surface area contributed by atoms with Crippen molar-refractivity contribution >= 4 is 33.2 Å². The van der Waals surface area contributed by atoms with Gasteiger partial charge in [-0.3, -0.25) is 0 Å². The van der Waals surface area contributed by atoms with Crippen LogP contribution in [0.4, 0.5) is 11.4 Å². The van der Waals surface area contributed by atoms with E-state index < -0.39 is 0 Å². The van der Waals surface area contributed by atoms with Crippen LogP contribution in [0.2, 0.25) is 0 Å². The maximum Gasteiger partial charge on any atom is 0.135 e. The summed E-state index contributed by atoms with van der Waals surface area (Å²) in [4.78, 5) is 8.99. The maximum absolute atomic E-state index is 6.40. The number of hydrogen-bond acceptors (Lipinski definition) is 4. The number of aromatic nitrogens is 2. The van der Waals surface area contributed by atoms with Crippen LogP contribution in [0.3, 0.4) is 0 Å². The Balaban J connectivity index is 0.00000386. The molecule has 0 spiro atoms. The van der Waals surface area contributed by atoms with Gasteiger partial charge >= 0.3 is 0 Å². The Morgan fingerprint density at radius 2 is 1.43 bits per heavy atom. The molecule has 0 saturated heterocycles. The minimum atomic E-state index is 0. The molecule has 0 N–H and O–H groups in total. The molecule has 0 bridgehead atoms. The van der Waals surface area contributed by atoms with Gasteiger partial charge in [0.2, 0.25) is 0 Å². The fourth-order valence-corrected chi connectivity index (χ4v) is 6.00. The summed E-state index contributed by atoms with van der Waals surface area (Å²) in [6.07, 6.45) is 6.01. The van der Waals surface area contributed by atoms with Gasteiger partial charge in [-0.2, -0.15) is 12.1 Å². The zero-order valence-corrected chi connectivity index (χ0v) is 30.2. The third-order valence-electron chi connectivity index (χ3n) is 8.63. The van der Waals surface area contributed by atoms with Gasteiger partial charge in [0.05, 0.1) is 0 Å². The molecule has 3 heterocycles. The first kappa shape index (κ1) is 32.6. The van der Waals surface area contributed by atoms with Gasteiger partial charge in [-0.05, 0) is 76.5 Å². The van der Waals surface area contributed by atoms with E-state index in [0.717, 1.165) is 39.0 Å². The van der Waals surface area contributed by atoms with E-state index in [4.69, 9.17) is 9.72 Å². The molecule has 7 rings (SSSR count). The van der Waals surface area contributed by atoms with Gasteiger partial charge < -0.3 is 19.1 Å². The van der Waals surface area contributed by atoms with Crippen LogP contribution >= 0.6 is 0 Å². The van der Waals surface area contributed by atoms with Crippen molar-refractivity contribution in [2.24, 2.45) is 0 Å². The van der Waals surface area contributed by atoms with Gasteiger partial charge in [0.25, 0.3) is 0 Å². The van der Waals surface area contributed by atoms with Crippen LogP contribution in [0, 0.1) is 25.7 Å². The summed E-state index contributed by atoms with van der Waals surface area (Å²) < 4.78 is 8.59. The number of hydrogen-bond donors (Lipinski definition) is 0. The molecule has 5 nitrogen and oxygen atoms in total. The summed E-state index contributed by atoms with van der Waals surface area (Å²) in [6, 6.07) is 36.5. The quantitative estimate of drug-likeness (QED) is 0.163. The van der Waals surface area contributed by atoms with Crippen molar-refractivity contribution in [3.63, 3.8) is 0 Å². The van der Waals surface area contributed by atoms with Crippen LogP contribution in [0.5, 0.6) is 11.5 Å². The summed E-state index contributed by atoms with van der Waals surface area (Å²) in [5.41, 5.74) is 7.96. The Kier molecular flexibility index (Phi) is 8.57. The van der Waals surface area contributed by atoms with Crippen molar-refractivity contribution in [3.05, 3.63) is 139 Å². The number of para-hydroxylation sites is 1. The molecule has 0 unspecified atom stereocenters. The van der Waals surface area contributed by atoms with Gasteiger partial charge in [-0.1, -0.05) is 77.4 Å². The second-order valence-corrected chi connectivity index (χ2v) is 14.1. The zero-order chi connectivity index (χ0) is 32.2. The number of ether oxygens (including phenoxy) is 1. The Bertz CT molecular complexity index is 2110. The molecule has 0 radical (unpaired) electrons. The molecule has 0 atom stereocenters. The molecule has 242 valence electrons. The van der Waals surface area contributed by atoms with E-state index in [1.54, 1.807) is 0 Å². The first-order valence-electron chi connectivity index (χ1n) is 15.8. The summed E-state index contributed by atoms with van der Waals surface area (Å²) in [5.74, 6) is 2.11. The van der Waals surface area contributed by atoms with Crippen LogP contribution in [0.25, 0.3) is 27.6 Å². The topological polar surface area (TPSA) is 33.5 Å². The predicted molar refractivity (Wildman–Crippen MR) is 190 cm³/mol. The van der Waals surface area contributed by atoms with Crippen LogP contribution in [-0.4, -0.2) is 9.55 Å². The Morgan fingerprint density at radius 1 is 0.702 bits per heavy atom. The third-order valence-corrected chi connectivity index (χ3v) is 8.63. The minimum absolute atomic E-state index is 0. The molecule has 47 heavy (non-hydrogen) atoms. The number of fused-ring (bicyclic) bond motifs is 3. The molecule has 1 aliphatic rings. The van der Waals surface area contributed by atoms with E-state index in [1.807, 2.05) is 36.7 Å². The van der Waals surface area contributed by atoms with Crippen molar-refractivity contribution < 1.29 is 25.8 Å². The molecule has 0 aliphatic carbocycles. The standard InChI is InChI=1S/C41H39N4O.Pt/c1-28-23-29(40(2,3)4)15-18-36(28)44-22-21-43(27-44)31-11-10-12-32(25-31)46-33-16-17-35-34-13-8-9-14-37(34)45(38(35)26-33)39-24-30(19-20-42-39)41(5,6)7;/h8-24,27H,1-7H3;/q-3;. The average molecular weight is 799 g/mol. The fraction of sp³-hybridized carbons (Fsp3) is 0.220. The molecule has 2 aromatic heterocycles. The molecule has 1 aliphatic heterocycles. The number of rotatable bonds is 5. The predicted octanol–water partition coefficient (Wildman–Crippen LogP) is 10.4. The van der Waals surface area contributed by atoms with E-state index in [0.29, 0.717) is 11.5 Å². The van der Waals surface area contributed by atoms with Crippen molar-refractivity contribution in [1.29, 1.82) is 0 Å². The Morgan fingerprint density at radius 3 is 2.19 bits per heavy atom. The molecule has 4 aromatic carbocycles. The van der Waals surface area contributed by atoms with Gasteiger partial charge in [0.15, 0.2) is 0 Å². The van der Waals surface area contributed by atoms with Crippen molar-refractivity contribution in [2.45, 2.75) is 59.3 Å². The molecular formula is C41H39N4OPt-3. The first-order chi connectivity index (χ1) is 22.0. The molecular weight excluding hydrogens is 760 g/mol. The number of nitrogens with zero attached hydrogens (tertiary/aromatic N) is 4. The average Bonchev–Trinajstić information content (AvgIpc) is 3.64. The number of benzene rings is 4. The van der Waals surface area contributed by atoms with Crippen LogP contribution in [0.1, 0.15) is 58.2 Å². The second kappa shape index (κ2) is 12.4. The summed E-state index contributed by atoms with van der Waals surface area (Å²) in [5, 5.41) is 2.26. The van der Waals surface area contributed by atoms with Gasteiger partial charge in [-0.15, -0.1) is 48.1 Å². The molecule has 0 saturated carbocycles. The van der Waals surface area contributed by atoms with Crippen molar-refractivity contribution in [1.82, 2.24) is 9.55 Å². The van der Waals surface area contributed by atoms with Gasteiger partial charge in [0.1, 0.15) is 5.82 Å². The number of aryl methyl sites for hydroxylation is 1. The summed E-state index contributed by atoms with van der Waals surface area (Å²) >= 11 is 0. The van der Waals surface area contributed by atoms with E-state index in [9.17, 15) is 0 Å². The van der Waals surface area contributed by atoms with Crippen LogP contribution < -0.4 is 14.5 Å². The Labute approximate surface area is 292 Å². The van der Waals surface area contributed by atoms with E-state index in [1.165, 1.54) is 16.7 Å². The molecule has 0 amide bonds. The van der Waals surface area contributed by atoms with Gasteiger partial charge in [0, 0.05) is 50.0 Å². The van der Waals surface area contributed by atoms with E-state index in [-0.39, 0.29) is 31.9 Å². The smallest absolute Gasteiger partial charge is 0.135 e. The van der Waals surface area contributed by atoms with Crippen molar-refractivity contribution in [2.75, 3.05) is 9.80 Å². The normalized spacial score (nSPS) is 13.4. The van der Waals surface area contributed by atoms with Crippen molar-refractivity contribution in [3.8, 4) is 17.3 Å². The first-order valence-corrected chi connectivity index (χ1v) is 15.8. The fourth-order valence-electron chi connectivity index (χ4n) is 6.00. The summed E-state index contributed by atoms with van der Waals surface area (Å²) in [6.45, 7) is 17.6. The third kappa shape index (κ3) is 6.34. The second-order valence-electron chi connectivity index (χ2n) is 14.1. The molecule has 0 fully saturated rings. The molecule has 6 aromatic rings. The molecule has 6 heteroatoms. The monoisotopic (exact) mass is 798 g/mol. The maximum atomic E-state index is 6.40. The Hall–Kier alpha value is -4.34. The van der Waals surface area contributed by atoms with E-state index in [2.05, 4.69) is 148 Å². The van der Waals surface area contributed by atoms with Crippen LogP contribution in [-0.2, 0) is 31.9 Å². The SMILES string of the molecule is Cc1cc(C(C)(C)C)ccc1N1C=CN(c2[c-]c(Oc3[c-]c4c(cc3)c3ccccc3n4-c3cc(C(C)(C)C)ccn3)ccc2)[CH-]1.[Pt]. The largest absolute Gasteiger partial charge is 0.509 e.